The molecule has 12 nitrogen and oxygen atoms in total. The molecule has 0 N–H and O–H groups in total. The van der Waals surface area contributed by atoms with Crippen molar-refractivity contribution in [2.45, 2.75) is 0 Å². The van der Waals surface area contributed by atoms with Crippen molar-refractivity contribution in [3.8, 4) is 0 Å². The maximum Gasteiger partial charge on any atom is 4.00 e. The van der Waals surface area contributed by atoms with E-state index < -0.39 is 40.8 Å². The van der Waals surface area contributed by atoms with Gasteiger partial charge >= 0.3 is 164 Å². The van der Waals surface area contributed by atoms with Crippen molar-refractivity contribution < 1.29 is 115 Å². The maximum absolute atomic E-state index is 8.59. The summed E-state index contributed by atoms with van der Waals surface area (Å²) < 4.78 is 103. The summed E-state index contributed by atoms with van der Waals surface area (Å²) >= 11 is -17.2. The van der Waals surface area contributed by atoms with Gasteiger partial charge in [0.05, 0.1) is 0 Å². The predicted molar refractivity (Wildman–Crippen MR) is 9.87 cm³/mol. The second kappa shape index (κ2) is 13.6. The molecule has 0 spiro atoms. The molecule has 17 heavy (non-hydrogen) atoms. The molecule has 0 bridgehead atoms. The fraction of sp³-hybridized carbons (Fsp3) is 0. The third-order valence-corrected chi connectivity index (χ3v) is 0. The van der Waals surface area contributed by atoms with Crippen LogP contribution in [0.1, 0.15) is 0 Å². The first-order valence-electron chi connectivity index (χ1n) is 2.00. The van der Waals surface area contributed by atoms with Crippen LogP contribution in [0.4, 0.5) is 0 Å². The van der Waals surface area contributed by atoms with Crippen LogP contribution in [0.3, 0.4) is 0 Å². The van der Waals surface area contributed by atoms with Gasteiger partial charge in [0.1, 0.15) is 0 Å². The van der Waals surface area contributed by atoms with Crippen molar-refractivity contribution in [1.82, 2.24) is 0 Å². The first-order chi connectivity index (χ1) is 6.00. The van der Waals surface area contributed by atoms with Crippen molar-refractivity contribution in [2.75, 3.05) is 0 Å². The van der Waals surface area contributed by atoms with E-state index in [1.807, 2.05) is 0 Å². The molecule has 0 rings (SSSR count). The van der Waals surface area contributed by atoms with Crippen LogP contribution in [0, 0.1) is 0 Å². The fourth-order valence-electron chi connectivity index (χ4n) is 0. The van der Waals surface area contributed by atoms with Gasteiger partial charge in [-0.1, -0.05) is 0 Å². The van der Waals surface area contributed by atoms with Gasteiger partial charge in [-0.15, -0.1) is 0 Å². The zero-order valence-corrected chi connectivity index (χ0v) is 18.1. The molecule has 96 valence electrons. The summed E-state index contributed by atoms with van der Waals surface area (Å²) in [7, 11) is 0. The third-order valence-electron chi connectivity index (χ3n) is 0. The molecular formula is BaCr3O12Zr. The van der Waals surface area contributed by atoms with Crippen LogP contribution in [-0.4, -0.2) is 48.9 Å². The van der Waals surface area contributed by atoms with Gasteiger partial charge in [0, 0.05) is 0 Å². The molecule has 0 atom stereocenters. The molecule has 0 radical (unpaired) electrons. The molecule has 0 aliphatic carbocycles. The van der Waals surface area contributed by atoms with E-state index in [0.717, 1.165) is 0 Å². The average molecular weight is 577 g/mol. The van der Waals surface area contributed by atoms with E-state index in [0.29, 0.717) is 0 Å². The predicted octanol–water partition coefficient (Wildman–Crippen LogP) is -8.24. The summed E-state index contributed by atoms with van der Waals surface area (Å²) in [5.41, 5.74) is 0. The van der Waals surface area contributed by atoms with E-state index in [1.165, 1.54) is 0 Å². The Morgan fingerprint density at radius 1 is 0.471 bits per heavy atom. The molecule has 0 unspecified atom stereocenters. The Morgan fingerprint density at radius 2 is 0.471 bits per heavy atom. The number of hydrogen-bond donors (Lipinski definition) is 0. The monoisotopic (exact) mass is 576 g/mol. The minimum Gasteiger partial charge on any atom is 4.00 e. The Hall–Kier alpha value is 2.61. The van der Waals surface area contributed by atoms with Gasteiger partial charge in [-0.3, -0.25) is 0 Å². The van der Waals surface area contributed by atoms with Crippen LogP contribution < -0.4 is 24.9 Å². The number of rotatable bonds is 0. The smallest absolute Gasteiger partial charge is 4.00 e. The number of hydrogen-bond acceptors (Lipinski definition) is 12. The van der Waals surface area contributed by atoms with E-state index in [4.69, 9.17) is 47.8 Å². The minimum absolute atomic E-state index is 0. The van der Waals surface area contributed by atoms with Crippen LogP contribution in [-0.2, 0) is 89.9 Å². The summed E-state index contributed by atoms with van der Waals surface area (Å²) in [5, 5.41) is 0. The molecule has 0 aliphatic heterocycles. The molecule has 0 aromatic heterocycles. The van der Waals surface area contributed by atoms with Crippen molar-refractivity contribution in [3.05, 3.63) is 0 Å². The van der Waals surface area contributed by atoms with Gasteiger partial charge in [-0.05, 0) is 0 Å². The van der Waals surface area contributed by atoms with Crippen molar-refractivity contribution in [2.24, 2.45) is 0 Å². The van der Waals surface area contributed by atoms with Gasteiger partial charge < -0.3 is 0 Å². The van der Waals surface area contributed by atoms with Crippen molar-refractivity contribution in [3.63, 3.8) is 0 Å². The maximum atomic E-state index is 8.59. The molecule has 0 aromatic rings. The first kappa shape index (κ1) is 31.8. The molecule has 0 heterocycles. The first-order valence-corrected chi connectivity index (χ1v) is 8.25. The SMILES string of the molecule is [Ba+2].[O]=[Cr](=[O])([O-])[O-].[O]=[Cr](=[O])([O-])[O-].[O]=[Cr](=[O])([O-])[O-].[Zr+4]. The van der Waals surface area contributed by atoms with Gasteiger partial charge in [0.25, 0.3) is 0 Å². The zero-order valence-electron chi connectivity index (χ0n) is 7.33. The Morgan fingerprint density at radius 3 is 0.471 bits per heavy atom. The van der Waals surface area contributed by atoms with Crippen LogP contribution in [0.5, 0.6) is 0 Å². The Balaban J connectivity index is -0.0000000400. The summed E-state index contributed by atoms with van der Waals surface area (Å²) in [6, 6.07) is 0. The standard InChI is InChI=1S/Ba.3Cr.12O.Zr/q+2;;;;;;;;;;6*-1;+4. The zero-order chi connectivity index (χ0) is 13.5. The minimum atomic E-state index is -5.75. The van der Waals surface area contributed by atoms with Gasteiger partial charge in [-0.2, -0.15) is 0 Å². The van der Waals surface area contributed by atoms with Crippen LogP contribution in [0.2, 0.25) is 0 Å². The van der Waals surface area contributed by atoms with E-state index in [2.05, 4.69) is 0 Å². The molecule has 0 saturated carbocycles. The van der Waals surface area contributed by atoms with Gasteiger partial charge in [0.15, 0.2) is 0 Å². The summed E-state index contributed by atoms with van der Waals surface area (Å²) in [6.07, 6.45) is 0. The van der Waals surface area contributed by atoms with E-state index in [1.54, 1.807) is 0 Å². The Kier molecular flexibility index (Phi) is 25.4. The van der Waals surface area contributed by atoms with E-state index in [9.17, 15) is 0 Å². The average Bonchev–Trinajstić information content (AvgIpc) is 1.41. The molecular weight excluding hydrogens is 577 g/mol. The van der Waals surface area contributed by atoms with Crippen molar-refractivity contribution >= 4 is 48.9 Å². The molecule has 0 aromatic carbocycles. The Labute approximate surface area is 160 Å². The quantitative estimate of drug-likeness (QED) is 0.244. The van der Waals surface area contributed by atoms with Crippen LogP contribution in [0.15, 0.2) is 0 Å². The second-order valence-corrected chi connectivity index (χ2v) is 5.05. The molecule has 17 heteroatoms. The topological polar surface area (TPSA) is 241 Å². The van der Waals surface area contributed by atoms with Gasteiger partial charge in [-0.25, -0.2) is 0 Å². The Bertz CT molecular complexity index is 343. The molecule has 0 amide bonds. The molecule has 0 saturated heterocycles. The molecule has 0 aliphatic rings. The largest absolute Gasteiger partial charge is 4.00 e. The van der Waals surface area contributed by atoms with Gasteiger partial charge in [0.2, 0.25) is 0 Å². The van der Waals surface area contributed by atoms with Crippen LogP contribution in [0.25, 0.3) is 0 Å². The van der Waals surface area contributed by atoms with Crippen molar-refractivity contribution in [1.29, 1.82) is 0 Å². The van der Waals surface area contributed by atoms with E-state index >= 15 is 0 Å². The van der Waals surface area contributed by atoms with Crippen LogP contribution >= 0.6 is 0 Å². The van der Waals surface area contributed by atoms with E-state index in [-0.39, 0.29) is 75.1 Å². The third kappa shape index (κ3) is 753. The summed E-state index contributed by atoms with van der Waals surface area (Å²) in [5.74, 6) is 0. The summed E-state index contributed by atoms with van der Waals surface area (Å²) in [4.78, 5) is 0. The fourth-order valence-corrected chi connectivity index (χ4v) is 0. The summed E-state index contributed by atoms with van der Waals surface area (Å²) in [6.45, 7) is 0. The molecule has 0 fully saturated rings. The second-order valence-electron chi connectivity index (χ2n) is 1.22. The normalized spacial score (nSPS) is 10.2.